The number of aromatic hydroxyl groups is 1. The van der Waals surface area contributed by atoms with Crippen LogP contribution in [0.3, 0.4) is 0 Å². The number of nitrogen functional groups attached to an aromatic ring is 1. The first kappa shape index (κ1) is 12.8. The number of halogens is 2. The van der Waals surface area contributed by atoms with E-state index in [1.54, 1.807) is 0 Å². The van der Waals surface area contributed by atoms with Gasteiger partial charge >= 0.3 is 0 Å². The first-order valence-electron chi connectivity index (χ1n) is 5.32. The lowest BCUT2D eigenvalue weighted by Gasteiger charge is -2.07. The minimum Gasteiger partial charge on any atom is -0.505 e. The van der Waals surface area contributed by atoms with Crippen molar-refractivity contribution in [3.8, 4) is 5.75 Å². The molecule has 2 aromatic rings. The molecule has 0 aliphatic heterocycles. The van der Waals surface area contributed by atoms with E-state index >= 15 is 0 Å². The van der Waals surface area contributed by atoms with Gasteiger partial charge in [0.2, 0.25) is 0 Å². The number of benzene rings is 2. The molecule has 0 unspecified atom stereocenters. The van der Waals surface area contributed by atoms with Gasteiger partial charge in [0.15, 0.2) is 11.6 Å². The summed E-state index contributed by atoms with van der Waals surface area (Å²) in [5, 5.41) is 11.3. The third-order valence-electron chi connectivity index (χ3n) is 2.44. The molecule has 6 heteroatoms. The Bertz CT molecular complexity index is 645. The number of anilines is 2. The second-order valence-corrected chi connectivity index (χ2v) is 3.86. The number of rotatable bonds is 2. The third-order valence-corrected chi connectivity index (χ3v) is 2.44. The molecule has 0 spiro atoms. The highest BCUT2D eigenvalue weighted by Crippen LogP contribution is 2.20. The number of nitrogens with one attached hydrogen (secondary N) is 1. The van der Waals surface area contributed by atoms with Crippen LogP contribution < -0.4 is 11.1 Å². The second-order valence-electron chi connectivity index (χ2n) is 3.86. The topological polar surface area (TPSA) is 75.4 Å². The molecule has 4 nitrogen and oxygen atoms in total. The smallest absolute Gasteiger partial charge is 0.258 e. The maximum atomic E-state index is 13.5. The zero-order chi connectivity index (χ0) is 14.0. The molecule has 98 valence electrons. The number of hydrogen-bond acceptors (Lipinski definition) is 3. The van der Waals surface area contributed by atoms with E-state index in [4.69, 9.17) is 10.8 Å². The second kappa shape index (κ2) is 4.93. The van der Waals surface area contributed by atoms with E-state index in [1.165, 1.54) is 18.2 Å². The molecule has 0 saturated heterocycles. The lowest BCUT2D eigenvalue weighted by Crippen LogP contribution is -2.14. The van der Waals surface area contributed by atoms with E-state index in [0.717, 1.165) is 18.2 Å². The van der Waals surface area contributed by atoms with Gasteiger partial charge in [0, 0.05) is 17.4 Å². The van der Waals surface area contributed by atoms with Crippen molar-refractivity contribution in [1.29, 1.82) is 0 Å². The van der Waals surface area contributed by atoms with E-state index in [2.05, 4.69) is 5.32 Å². The van der Waals surface area contributed by atoms with Crippen LogP contribution in [-0.4, -0.2) is 11.0 Å². The number of amides is 1. The fourth-order valence-corrected chi connectivity index (χ4v) is 1.50. The molecule has 1 amide bonds. The minimum absolute atomic E-state index is 0.108. The highest BCUT2D eigenvalue weighted by Gasteiger charge is 2.12. The van der Waals surface area contributed by atoms with Crippen LogP contribution in [0.15, 0.2) is 36.4 Å². The summed E-state index contributed by atoms with van der Waals surface area (Å²) >= 11 is 0. The van der Waals surface area contributed by atoms with Crippen molar-refractivity contribution >= 4 is 17.3 Å². The molecule has 0 saturated carbocycles. The fourth-order valence-electron chi connectivity index (χ4n) is 1.50. The summed E-state index contributed by atoms with van der Waals surface area (Å²) in [4.78, 5) is 11.8. The summed E-state index contributed by atoms with van der Waals surface area (Å²) in [6, 6.07) is 6.96. The molecule has 0 atom stereocenters. The van der Waals surface area contributed by atoms with Crippen LogP contribution in [0.2, 0.25) is 0 Å². The van der Waals surface area contributed by atoms with Gasteiger partial charge in [-0.25, -0.2) is 8.78 Å². The number of carbonyl (C=O) groups excluding carboxylic acids is 1. The molecule has 0 fully saturated rings. The molecule has 2 rings (SSSR count). The summed E-state index contributed by atoms with van der Waals surface area (Å²) in [7, 11) is 0. The van der Waals surface area contributed by atoms with Gasteiger partial charge in [-0.2, -0.15) is 0 Å². The highest BCUT2D eigenvalue weighted by molar-refractivity contribution is 6.04. The minimum atomic E-state index is -0.879. The summed E-state index contributed by atoms with van der Waals surface area (Å²) in [5.74, 6) is -2.91. The van der Waals surface area contributed by atoms with Gasteiger partial charge < -0.3 is 16.2 Å². The van der Waals surface area contributed by atoms with E-state index < -0.39 is 23.3 Å². The Morgan fingerprint density at radius 1 is 1.11 bits per heavy atom. The summed E-state index contributed by atoms with van der Waals surface area (Å²) in [6.07, 6.45) is 0. The molecule has 0 radical (unpaired) electrons. The van der Waals surface area contributed by atoms with Crippen LogP contribution >= 0.6 is 0 Å². The Morgan fingerprint density at radius 2 is 1.84 bits per heavy atom. The van der Waals surface area contributed by atoms with E-state index in [9.17, 15) is 13.6 Å². The number of carbonyl (C=O) groups is 1. The molecule has 19 heavy (non-hydrogen) atoms. The van der Waals surface area contributed by atoms with Gasteiger partial charge in [-0.3, -0.25) is 4.79 Å². The zero-order valence-electron chi connectivity index (χ0n) is 9.65. The lowest BCUT2D eigenvalue weighted by atomic mass is 10.1. The molecule has 0 aliphatic rings. The van der Waals surface area contributed by atoms with E-state index in [1.807, 2.05) is 0 Å². The van der Waals surface area contributed by atoms with E-state index in [0.29, 0.717) is 0 Å². The molecule has 0 aliphatic carbocycles. The van der Waals surface area contributed by atoms with E-state index in [-0.39, 0.29) is 16.9 Å². The van der Waals surface area contributed by atoms with Crippen molar-refractivity contribution in [3.63, 3.8) is 0 Å². The molecule has 0 aromatic heterocycles. The number of phenolic OH excluding ortho intramolecular Hbond substituents is 1. The summed E-state index contributed by atoms with van der Waals surface area (Å²) in [5.41, 5.74) is 5.47. The number of phenols is 1. The molecule has 0 bridgehead atoms. The molecule has 0 heterocycles. The van der Waals surface area contributed by atoms with Crippen molar-refractivity contribution in [2.45, 2.75) is 0 Å². The Balaban J connectivity index is 2.23. The Labute approximate surface area is 107 Å². The first-order chi connectivity index (χ1) is 8.97. The number of hydrogen-bond donors (Lipinski definition) is 3. The molecule has 4 N–H and O–H groups in total. The zero-order valence-corrected chi connectivity index (χ0v) is 9.65. The number of nitrogens with two attached hydrogens (primary N) is 1. The van der Waals surface area contributed by atoms with Gasteiger partial charge in [0.1, 0.15) is 5.82 Å². The van der Waals surface area contributed by atoms with Gasteiger partial charge in [-0.1, -0.05) is 0 Å². The van der Waals surface area contributed by atoms with Gasteiger partial charge in [0.05, 0.1) is 5.56 Å². The molecule has 2 aromatic carbocycles. The Morgan fingerprint density at radius 3 is 2.47 bits per heavy atom. The molecular formula is C13H10F2N2O2. The summed E-state index contributed by atoms with van der Waals surface area (Å²) in [6.45, 7) is 0. The monoisotopic (exact) mass is 264 g/mol. The maximum Gasteiger partial charge on any atom is 0.258 e. The standard InChI is InChI=1S/C13H10F2N2O2/c14-10-5-7(16)1-3-9(10)13(19)17-8-2-4-12(18)11(15)6-8/h1-6,18H,16H2,(H,17,19). The Kier molecular flexibility index (Phi) is 3.33. The third kappa shape index (κ3) is 2.79. The summed E-state index contributed by atoms with van der Waals surface area (Å²) < 4.78 is 26.6. The normalized spacial score (nSPS) is 10.2. The van der Waals surface area contributed by atoms with Crippen LogP contribution in [0.25, 0.3) is 0 Å². The van der Waals surface area contributed by atoms with Crippen molar-refractivity contribution < 1.29 is 18.7 Å². The van der Waals surface area contributed by atoms with Gasteiger partial charge in [0.25, 0.3) is 5.91 Å². The van der Waals surface area contributed by atoms with Crippen molar-refractivity contribution in [1.82, 2.24) is 0 Å². The average Bonchev–Trinajstić information content (AvgIpc) is 2.33. The quantitative estimate of drug-likeness (QED) is 0.576. The van der Waals surface area contributed by atoms with Crippen LogP contribution in [-0.2, 0) is 0 Å². The SMILES string of the molecule is Nc1ccc(C(=O)Nc2ccc(O)c(F)c2)c(F)c1. The predicted molar refractivity (Wildman–Crippen MR) is 66.8 cm³/mol. The molecular weight excluding hydrogens is 254 g/mol. The Hall–Kier alpha value is -2.63. The van der Waals surface area contributed by atoms with Crippen LogP contribution in [0.1, 0.15) is 10.4 Å². The lowest BCUT2D eigenvalue weighted by molar-refractivity contribution is 0.102. The average molecular weight is 264 g/mol. The van der Waals surface area contributed by atoms with Crippen LogP contribution in [0.4, 0.5) is 20.2 Å². The largest absolute Gasteiger partial charge is 0.505 e. The van der Waals surface area contributed by atoms with Gasteiger partial charge in [-0.05, 0) is 30.3 Å². The first-order valence-corrected chi connectivity index (χ1v) is 5.32. The van der Waals surface area contributed by atoms with Crippen LogP contribution in [0, 0.1) is 11.6 Å². The van der Waals surface area contributed by atoms with Crippen molar-refractivity contribution in [2.75, 3.05) is 11.1 Å². The predicted octanol–water partition coefficient (Wildman–Crippen LogP) is 2.50. The van der Waals surface area contributed by atoms with Crippen molar-refractivity contribution in [3.05, 3.63) is 53.6 Å². The van der Waals surface area contributed by atoms with Crippen LogP contribution in [0.5, 0.6) is 5.75 Å². The maximum absolute atomic E-state index is 13.5. The highest BCUT2D eigenvalue weighted by atomic mass is 19.1. The fraction of sp³-hybridized carbons (Fsp3) is 0. The van der Waals surface area contributed by atoms with Crippen molar-refractivity contribution in [2.24, 2.45) is 0 Å². The van der Waals surface area contributed by atoms with Gasteiger partial charge in [-0.15, -0.1) is 0 Å².